The molecule has 2 N–H and O–H groups in total. The van der Waals surface area contributed by atoms with Crippen LogP contribution in [0.3, 0.4) is 0 Å². The van der Waals surface area contributed by atoms with E-state index in [2.05, 4.69) is 5.32 Å². The maximum atomic E-state index is 13.0. The lowest BCUT2D eigenvalue weighted by Gasteiger charge is -2.35. The van der Waals surface area contributed by atoms with Crippen LogP contribution in [0.1, 0.15) is 40.0 Å². The lowest BCUT2D eigenvalue weighted by molar-refractivity contribution is -0.0227. The third kappa shape index (κ3) is 7.30. The second kappa shape index (κ2) is 10.2. The summed E-state index contributed by atoms with van der Waals surface area (Å²) in [7, 11) is -3.37. The van der Waals surface area contributed by atoms with Crippen LogP contribution < -0.4 is 10.1 Å². The first kappa shape index (κ1) is 25.7. The molecule has 1 aromatic carbocycles. The highest BCUT2D eigenvalue weighted by Gasteiger charge is 2.45. The van der Waals surface area contributed by atoms with Crippen LogP contribution in [0.5, 0.6) is 5.75 Å². The van der Waals surface area contributed by atoms with Crippen LogP contribution in [0, 0.1) is 0 Å². The van der Waals surface area contributed by atoms with Gasteiger partial charge in [0, 0.05) is 6.26 Å². The van der Waals surface area contributed by atoms with Crippen LogP contribution in [-0.2, 0) is 19.3 Å². The summed E-state index contributed by atoms with van der Waals surface area (Å²) in [6.45, 7) is 7.47. The van der Waals surface area contributed by atoms with Crippen molar-refractivity contribution in [3.8, 4) is 5.75 Å². The number of benzene rings is 1. The zero-order valence-electron chi connectivity index (χ0n) is 19.9. The number of piperidine rings is 1. The Morgan fingerprint density at radius 3 is 2.67 bits per heavy atom. The number of hydrogen-bond donors (Lipinski definition) is 2. The zero-order chi connectivity index (χ0) is 24.3. The number of ether oxygens (including phenoxy) is 3. The number of aliphatic hydroxyl groups is 1. The topological polar surface area (TPSA) is 114 Å². The van der Waals surface area contributed by atoms with E-state index in [1.807, 2.05) is 0 Å². The largest absolute Gasteiger partial charge is 0.491 e. The molecular weight excluding hydrogens is 448 g/mol. The van der Waals surface area contributed by atoms with Crippen LogP contribution in [0.15, 0.2) is 29.2 Å². The first-order valence-corrected chi connectivity index (χ1v) is 13.2. The molecule has 0 aliphatic carbocycles. The van der Waals surface area contributed by atoms with Gasteiger partial charge in [-0.3, -0.25) is 0 Å². The number of carbonyl (C=O) groups excluding carboxylic acids is 1. The van der Waals surface area contributed by atoms with Crippen molar-refractivity contribution in [1.82, 2.24) is 10.2 Å². The van der Waals surface area contributed by atoms with Gasteiger partial charge in [0.1, 0.15) is 24.1 Å². The minimum atomic E-state index is -3.37. The lowest BCUT2D eigenvalue weighted by atomic mass is 9.88. The minimum Gasteiger partial charge on any atom is -0.491 e. The van der Waals surface area contributed by atoms with Gasteiger partial charge in [-0.1, -0.05) is 6.07 Å². The van der Waals surface area contributed by atoms with Crippen molar-refractivity contribution in [2.75, 3.05) is 39.1 Å². The molecule has 2 aliphatic rings. The van der Waals surface area contributed by atoms with Gasteiger partial charge in [0.25, 0.3) is 0 Å². The molecule has 2 aliphatic heterocycles. The molecule has 33 heavy (non-hydrogen) atoms. The van der Waals surface area contributed by atoms with E-state index < -0.39 is 27.6 Å². The van der Waals surface area contributed by atoms with Crippen molar-refractivity contribution in [2.24, 2.45) is 0 Å². The highest BCUT2D eigenvalue weighted by molar-refractivity contribution is 7.90. The maximum Gasteiger partial charge on any atom is 0.410 e. The van der Waals surface area contributed by atoms with Gasteiger partial charge in [-0.2, -0.15) is 0 Å². The standard InChI is InChI=1S/C23H36N2O7S/c1-22(2,3)32-21(27)25(17-13-23(31-15-17)8-10-24-11-9-23)14-18(26)16-30-19-6-5-7-20(12-19)33(4,28)29/h5-7,12,17-18,24,26H,8-11,13-16H2,1-4H3/t17-,18+/m0/s1. The molecule has 3 rings (SSSR count). The number of hydrogen-bond acceptors (Lipinski definition) is 8. The Labute approximate surface area is 196 Å². The third-order valence-electron chi connectivity index (χ3n) is 5.86. The molecule has 0 unspecified atom stereocenters. The molecule has 2 heterocycles. The van der Waals surface area contributed by atoms with Gasteiger partial charge in [-0.05, 0) is 71.3 Å². The molecule has 1 amide bonds. The van der Waals surface area contributed by atoms with E-state index in [4.69, 9.17) is 14.2 Å². The van der Waals surface area contributed by atoms with Crippen molar-refractivity contribution in [2.45, 2.75) is 68.3 Å². The van der Waals surface area contributed by atoms with E-state index in [-0.39, 0.29) is 29.7 Å². The van der Waals surface area contributed by atoms with Gasteiger partial charge in [0.05, 0.1) is 29.7 Å². The van der Waals surface area contributed by atoms with E-state index in [0.717, 1.165) is 32.2 Å². The third-order valence-corrected chi connectivity index (χ3v) is 6.97. The fraction of sp³-hybridized carbons (Fsp3) is 0.696. The first-order chi connectivity index (χ1) is 15.4. The van der Waals surface area contributed by atoms with Crippen LogP contribution in [0.2, 0.25) is 0 Å². The summed E-state index contributed by atoms with van der Waals surface area (Å²) in [6.07, 6.45) is 2.09. The van der Waals surface area contributed by atoms with E-state index in [1.165, 1.54) is 12.1 Å². The average molecular weight is 485 g/mol. The molecule has 0 radical (unpaired) electrons. The second-order valence-electron chi connectivity index (χ2n) is 9.95. The normalized spacial score (nSPS) is 21.5. The molecule has 0 aromatic heterocycles. The molecule has 10 heteroatoms. The number of nitrogens with zero attached hydrogens (tertiary/aromatic N) is 1. The van der Waals surface area contributed by atoms with Gasteiger partial charge in [0.15, 0.2) is 9.84 Å². The zero-order valence-corrected chi connectivity index (χ0v) is 20.7. The summed E-state index contributed by atoms with van der Waals surface area (Å²) in [4.78, 5) is 14.7. The Morgan fingerprint density at radius 1 is 1.33 bits per heavy atom. The van der Waals surface area contributed by atoms with Gasteiger partial charge in [0.2, 0.25) is 0 Å². The summed E-state index contributed by atoms with van der Waals surface area (Å²) < 4.78 is 40.9. The second-order valence-corrected chi connectivity index (χ2v) is 12.0. The Morgan fingerprint density at radius 2 is 2.03 bits per heavy atom. The highest BCUT2D eigenvalue weighted by Crippen LogP contribution is 2.36. The van der Waals surface area contributed by atoms with Crippen molar-refractivity contribution < 1.29 is 32.5 Å². The Kier molecular flexibility index (Phi) is 7.93. The predicted octanol–water partition coefficient (Wildman–Crippen LogP) is 1.98. The SMILES string of the molecule is CC(C)(C)OC(=O)N(C[C@@H](O)COc1cccc(S(C)(=O)=O)c1)[C@@H]1COC2(CCNCC2)C1. The molecule has 1 aromatic rings. The quantitative estimate of drug-likeness (QED) is 0.604. The molecule has 9 nitrogen and oxygen atoms in total. The molecular formula is C23H36N2O7S. The number of nitrogens with one attached hydrogen (secondary N) is 1. The van der Waals surface area contributed by atoms with E-state index in [9.17, 15) is 18.3 Å². The van der Waals surface area contributed by atoms with Gasteiger partial charge in [-0.15, -0.1) is 0 Å². The predicted molar refractivity (Wildman–Crippen MR) is 123 cm³/mol. The molecule has 1 spiro atoms. The van der Waals surface area contributed by atoms with E-state index in [0.29, 0.717) is 18.8 Å². The number of carbonyl (C=O) groups is 1. The molecule has 0 saturated carbocycles. The Hall–Kier alpha value is -1.88. The first-order valence-electron chi connectivity index (χ1n) is 11.3. The summed E-state index contributed by atoms with van der Waals surface area (Å²) >= 11 is 0. The fourth-order valence-corrected chi connectivity index (χ4v) is 4.87. The summed E-state index contributed by atoms with van der Waals surface area (Å²) in [5, 5.41) is 14.0. The summed E-state index contributed by atoms with van der Waals surface area (Å²) in [5.41, 5.74) is -0.918. The van der Waals surface area contributed by atoms with Crippen LogP contribution in [0.4, 0.5) is 4.79 Å². The van der Waals surface area contributed by atoms with Gasteiger partial charge >= 0.3 is 6.09 Å². The summed E-state index contributed by atoms with van der Waals surface area (Å²) in [5.74, 6) is 0.332. The van der Waals surface area contributed by atoms with Crippen molar-refractivity contribution in [1.29, 1.82) is 0 Å². The van der Waals surface area contributed by atoms with Crippen LogP contribution in [0.25, 0.3) is 0 Å². The Bertz CT molecular complexity index is 923. The Balaban J connectivity index is 1.66. The van der Waals surface area contributed by atoms with Gasteiger partial charge in [-0.25, -0.2) is 13.2 Å². The smallest absolute Gasteiger partial charge is 0.410 e. The van der Waals surface area contributed by atoms with Crippen LogP contribution >= 0.6 is 0 Å². The fourth-order valence-electron chi connectivity index (χ4n) is 4.21. The average Bonchev–Trinajstić information content (AvgIpc) is 3.12. The number of amides is 1. The van der Waals surface area contributed by atoms with Crippen molar-refractivity contribution in [3.05, 3.63) is 24.3 Å². The molecule has 2 saturated heterocycles. The highest BCUT2D eigenvalue weighted by atomic mass is 32.2. The minimum absolute atomic E-state index is 0.0169. The summed E-state index contributed by atoms with van der Waals surface area (Å²) in [6, 6.07) is 5.90. The van der Waals surface area contributed by atoms with E-state index >= 15 is 0 Å². The molecule has 186 valence electrons. The molecule has 0 bridgehead atoms. The maximum absolute atomic E-state index is 13.0. The molecule has 2 atom stereocenters. The lowest BCUT2D eigenvalue weighted by Crippen LogP contribution is -2.49. The number of rotatable bonds is 7. The van der Waals surface area contributed by atoms with Crippen molar-refractivity contribution in [3.63, 3.8) is 0 Å². The van der Waals surface area contributed by atoms with Gasteiger partial charge < -0.3 is 29.5 Å². The molecule has 2 fully saturated rings. The van der Waals surface area contributed by atoms with Crippen LogP contribution in [-0.4, -0.2) is 87.0 Å². The number of aliphatic hydroxyl groups excluding tert-OH is 1. The van der Waals surface area contributed by atoms with E-state index in [1.54, 1.807) is 37.8 Å². The number of sulfone groups is 1. The van der Waals surface area contributed by atoms with Crippen molar-refractivity contribution >= 4 is 15.9 Å². The monoisotopic (exact) mass is 484 g/mol.